The second kappa shape index (κ2) is 8.73. The summed E-state index contributed by atoms with van der Waals surface area (Å²) < 4.78 is 0. The molecular weight excluding hydrogens is 362 g/mol. The number of hydrogen-bond donors (Lipinski definition) is 2. The summed E-state index contributed by atoms with van der Waals surface area (Å²) in [7, 11) is 0. The van der Waals surface area contributed by atoms with Crippen LogP contribution in [-0.2, 0) is 4.79 Å². The molecule has 2 N–H and O–H groups in total. The summed E-state index contributed by atoms with van der Waals surface area (Å²) in [6.07, 6.45) is 5.62. The van der Waals surface area contributed by atoms with Crippen LogP contribution in [0.5, 0.6) is 0 Å². The molecule has 6 nitrogen and oxygen atoms in total. The quantitative estimate of drug-likeness (QED) is 0.656. The van der Waals surface area contributed by atoms with Gasteiger partial charge in [0.15, 0.2) is 0 Å². The zero-order valence-electron chi connectivity index (χ0n) is 16.6. The average Bonchev–Trinajstić information content (AvgIpc) is 2.75. The monoisotopic (exact) mass is 387 g/mol. The molecule has 3 aromatic rings. The Balaban J connectivity index is 1.45. The highest BCUT2D eigenvalue weighted by molar-refractivity contribution is 5.88. The lowest BCUT2D eigenvalue weighted by molar-refractivity contribution is -0.114. The molecule has 6 heteroatoms. The largest absolute Gasteiger partial charge is 0.372 e. The van der Waals surface area contributed by atoms with Crippen LogP contribution in [0.4, 0.5) is 23.0 Å². The van der Waals surface area contributed by atoms with Gasteiger partial charge in [-0.05, 0) is 61.7 Å². The Morgan fingerprint density at radius 3 is 2.28 bits per heavy atom. The normalized spacial score (nSPS) is 13.8. The van der Waals surface area contributed by atoms with E-state index in [1.54, 1.807) is 6.20 Å². The number of carbonyl (C=O) groups is 1. The predicted molar refractivity (Wildman–Crippen MR) is 118 cm³/mol. The maximum absolute atomic E-state index is 11.2. The van der Waals surface area contributed by atoms with E-state index in [1.807, 2.05) is 30.3 Å². The fourth-order valence-corrected chi connectivity index (χ4v) is 3.54. The first-order valence-electron chi connectivity index (χ1n) is 10.0. The molecule has 0 atom stereocenters. The zero-order chi connectivity index (χ0) is 20.1. The van der Waals surface area contributed by atoms with Crippen LogP contribution >= 0.6 is 0 Å². The highest BCUT2D eigenvalue weighted by atomic mass is 16.1. The van der Waals surface area contributed by atoms with Crippen molar-refractivity contribution in [3.05, 3.63) is 60.8 Å². The number of hydrogen-bond acceptors (Lipinski definition) is 5. The first-order chi connectivity index (χ1) is 14.2. The Hall–Kier alpha value is -3.41. The molecule has 2 aromatic carbocycles. The van der Waals surface area contributed by atoms with Crippen LogP contribution in [0, 0.1) is 0 Å². The lowest BCUT2D eigenvalue weighted by Gasteiger charge is -2.28. The van der Waals surface area contributed by atoms with Crippen LogP contribution < -0.4 is 15.5 Å². The maximum atomic E-state index is 11.2. The van der Waals surface area contributed by atoms with Gasteiger partial charge in [0, 0.05) is 48.8 Å². The number of nitrogens with zero attached hydrogens (tertiary/aromatic N) is 3. The second-order valence-corrected chi connectivity index (χ2v) is 7.24. The van der Waals surface area contributed by atoms with Gasteiger partial charge in [0.25, 0.3) is 0 Å². The summed E-state index contributed by atoms with van der Waals surface area (Å²) in [5, 5.41) is 6.05. The van der Waals surface area contributed by atoms with Crippen molar-refractivity contribution in [1.82, 2.24) is 9.97 Å². The molecular formula is C23H25N5O. The topological polar surface area (TPSA) is 70.2 Å². The number of nitrogens with one attached hydrogen (secondary N) is 2. The van der Waals surface area contributed by atoms with Crippen molar-refractivity contribution in [1.29, 1.82) is 0 Å². The van der Waals surface area contributed by atoms with Gasteiger partial charge < -0.3 is 15.5 Å². The van der Waals surface area contributed by atoms with E-state index in [4.69, 9.17) is 0 Å². The Morgan fingerprint density at radius 2 is 1.59 bits per heavy atom. The van der Waals surface area contributed by atoms with E-state index in [2.05, 4.69) is 49.8 Å². The molecule has 0 saturated carbocycles. The van der Waals surface area contributed by atoms with Crippen LogP contribution in [0.3, 0.4) is 0 Å². The maximum Gasteiger partial charge on any atom is 0.227 e. The molecule has 0 radical (unpaired) electrons. The standard InChI is InChI=1S/C23H25N5O/c1-17(29)25-19-7-5-18(6-8-19)22-13-14-24-23(27-22)26-20-9-11-21(12-10-20)28-15-3-2-4-16-28/h5-14H,2-4,15-16H2,1H3,(H,25,29)(H,24,26,27). The van der Waals surface area contributed by atoms with Gasteiger partial charge in [-0.3, -0.25) is 4.79 Å². The molecule has 0 spiro atoms. The number of piperidine rings is 1. The van der Waals surface area contributed by atoms with Crippen LogP contribution in [0.25, 0.3) is 11.3 Å². The lowest BCUT2D eigenvalue weighted by Crippen LogP contribution is -2.29. The highest BCUT2D eigenvalue weighted by Crippen LogP contribution is 2.24. The van der Waals surface area contributed by atoms with Gasteiger partial charge >= 0.3 is 0 Å². The van der Waals surface area contributed by atoms with Crippen LogP contribution in [0.2, 0.25) is 0 Å². The Kier molecular flexibility index (Phi) is 5.70. The van der Waals surface area contributed by atoms with Crippen molar-refractivity contribution in [2.24, 2.45) is 0 Å². The summed E-state index contributed by atoms with van der Waals surface area (Å²) in [5.41, 5.74) is 4.78. The van der Waals surface area contributed by atoms with Crippen molar-refractivity contribution < 1.29 is 4.79 Å². The van der Waals surface area contributed by atoms with Gasteiger partial charge in [0.05, 0.1) is 5.69 Å². The molecule has 1 aliphatic heterocycles. The van der Waals surface area contributed by atoms with Gasteiger partial charge in [0.1, 0.15) is 0 Å². The molecule has 4 rings (SSSR count). The van der Waals surface area contributed by atoms with E-state index in [-0.39, 0.29) is 5.91 Å². The van der Waals surface area contributed by atoms with E-state index >= 15 is 0 Å². The zero-order valence-corrected chi connectivity index (χ0v) is 16.6. The number of amides is 1. The van der Waals surface area contributed by atoms with E-state index in [1.165, 1.54) is 31.9 Å². The minimum Gasteiger partial charge on any atom is -0.372 e. The van der Waals surface area contributed by atoms with Crippen LogP contribution in [-0.4, -0.2) is 29.0 Å². The van der Waals surface area contributed by atoms with Crippen molar-refractivity contribution in [3.63, 3.8) is 0 Å². The number of aromatic nitrogens is 2. The van der Waals surface area contributed by atoms with Crippen molar-refractivity contribution >= 4 is 28.9 Å². The predicted octanol–water partition coefficient (Wildman–Crippen LogP) is 4.84. The highest BCUT2D eigenvalue weighted by Gasteiger charge is 2.11. The molecule has 1 aromatic heterocycles. The number of rotatable bonds is 5. The van der Waals surface area contributed by atoms with Gasteiger partial charge in [-0.25, -0.2) is 9.97 Å². The number of benzene rings is 2. The smallest absolute Gasteiger partial charge is 0.227 e. The van der Waals surface area contributed by atoms with Crippen LogP contribution in [0.1, 0.15) is 26.2 Å². The number of anilines is 4. The molecule has 0 unspecified atom stereocenters. The molecule has 0 aliphatic carbocycles. The van der Waals surface area contributed by atoms with Gasteiger partial charge in [-0.1, -0.05) is 12.1 Å². The van der Waals surface area contributed by atoms with Crippen molar-refractivity contribution in [2.45, 2.75) is 26.2 Å². The molecule has 1 fully saturated rings. The molecule has 148 valence electrons. The number of carbonyl (C=O) groups excluding carboxylic acids is 1. The summed E-state index contributed by atoms with van der Waals surface area (Å²) in [5.74, 6) is 0.469. The molecule has 0 bridgehead atoms. The Morgan fingerprint density at radius 1 is 0.897 bits per heavy atom. The van der Waals surface area contributed by atoms with E-state index in [0.29, 0.717) is 5.95 Å². The first-order valence-corrected chi connectivity index (χ1v) is 10.0. The summed E-state index contributed by atoms with van der Waals surface area (Å²) in [6.45, 7) is 3.77. The van der Waals surface area contributed by atoms with Gasteiger partial charge in [-0.15, -0.1) is 0 Å². The second-order valence-electron chi connectivity index (χ2n) is 7.24. The van der Waals surface area contributed by atoms with E-state index in [9.17, 15) is 4.79 Å². The third kappa shape index (κ3) is 4.90. The molecule has 1 aliphatic rings. The fraction of sp³-hybridized carbons (Fsp3) is 0.261. The molecule has 29 heavy (non-hydrogen) atoms. The van der Waals surface area contributed by atoms with Gasteiger partial charge in [0.2, 0.25) is 11.9 Å². The third-order valence-electron chi connectivity index (χ3n) is 5.00. The minimum atomic E-state index is -0.0856. The summed E-state index contributed by atoms with van der Waals surface area (Å²) in [4.78, 5) is 22.6. The van der Waals surface area contributed by atoms with Crippen molar-refractivity contribution in [3.8, 4) is 11.3 Å². The summed E-state index contributed by atoms with van der Waals surface area (Å²) >= 11 is 0. The Labute approximate surface area is 171 Å². The first kappa shape index (κ1) is 18.9. The average molecular weight is 387 g/mol. The fourth-order valence-electron chi connectivity index (χ4n) is 3.54. The minimum absolute atomic E-state index is 0.0856. The van der Waals surface area contributed by atoms with Gasteiger partial charge in [-0.2, -0.15) is 0 Å². The molecule has 2 heterocycles. The third-order valence-corrected chi connectivity index (χ3v) is 5.00. The SMILES string of the molecule is CC(=O)Nc1ccc(-c2ccnc(Nc3ccc(N4CCCCC4)cc3)n2)cc1. The molecule has 1 amide bonds. The lowest BCUT2D eigenvalue weighted by atomic mass is 10.1. The summed E-state index contributed by atoms with van der Waals surface area (Å²) in [6, 6.07) is 17.9. The van der Waals surface area contributed by atoms with Crippen molar-refractivity contribution in [2.75, 3.05) is 28.6 Å². The van der Waals surface area contributed by atoms with Crippen LogP contribution in [0.15, 0.2) is 60.8 Å². The molecule has 1 saturated heterocycles. The van der Waals surface area contributed by atoms with E-state index in [0.717, 1.165) is 35.7 Å². The van der Waals surface area contributed by atoms with E-state index < -0.39 is 0 Å². The Bertz CT molecular complexity index is 963.